The molecule has 94 valence electrons. The molecule has 0 saturated heterocycles. The SMILES string of the molecule is CCNC(Cc1ccccc1)Cc1ccccc1. The molecule has 1 nitrogen and oxygen atoms in total. The summed E-state index contributed by atoms with van der Waals surface area (Å²) in [4.78, 5) is 0. The highest BCUT2D eigenvalue weighted by Crippen LogP contribution is 2.09. The van der Waals surface area contributed by atoms with Crippen LogP contribution in [0.3, 0.4) is 0 Å². The molecule has 0 bridgehead atoms. The maximum absolute atomic E-state index is 3.58. The van der Waals surface area contributed by atoms with E-state index in [1.165, 1.54) is 11.1 Å². The van der Waals surface area contributed by atoms with E-state index in [1.54, 1.807) is 0 Å². The van der Waals surface area contributed by atoms with Crippen molar-refractivity contribution in [2.75, 3.05) is 6.54 Å². The van der Waals surface area contributed by atoms with Crippen LogP contribution in [0.2, 0.25) is 0 Å². The molecule has 1 heteroatoms. The monoisotopic (exact) mass is 239 g/mol. The predicted octanol–water partition coefficient (Wildman–Crippen LogP) is 3.45. The van der Waals surface area contributed by atoms with Crippen molar-refractivity contribution in [1.82, 2.24) is 5.32 Å². The van der Waals surface area contributed by atoms with E-state index in [2.05, 4.69) is 72.9 Å². The van der Waals surface area contributed by atoms with Gasteiger partial charge < -0.3 is 5.32 Å². The largest absolute Gasteiger partial charge is 0.314 e. The number of rotatable bonds is 6. The van der Waals surface area contributed by atoms with Crippen molar-refractivity contribution < 1.29 is 0 Å². The summed E-state index contributed by atoms with van der Waals surface area (Å²) in [6, 6.07) is 21.9. The molecule has 0 spiro atoms. The molecular weight excluding hydrogens is 218 g/mol. The standard InChI is InChI=1S/C17H21N/c1-2-18-17(13-15-9-5-3-6-10-15)14-16-11-7-4-8-12-16/h3-12,17-18H,2,13-14H2,1H3. The smallest absolute Gasteiger partial charge is 0.0148 e. The van der Waals surface area contributed by atoms with Crippen LogP contribution < -0.4 is 5.32 Å². The Bertz CT molecular complexity index is 394. The van der Waals surface area contributed by atoms with E-state index in [-0.39, 0.29) is 0 Å². The summed E-state index contributed by atoms with van der Waals surface area (Å²) in [5, 5.41) is 3.58. The van der Waals surface area contributed by atoms with E-state index in [0.29, 0.717) is 6.04 Å². The van der Waals surface area contributed by atoms with Gasteiger partial charge in [0.2, 0.25) is 0 Å². The van der Waals surface area contributed by atoms with Crippen LogP contribution in [0, 0.1) is 0 Å². The van der Waals surface area contributed by atoms with Gasteiger partial charge in [-0.3, -0.25) is 0 Å². The molecule has 0 aromatic heterocycles. The summed E-state index contributed by atoms with van der Waals surface area (Å²) in [5.74, 6) is 0. The Kier molecular flexibility index (Phi) is 4.98. The maximum atomic E-state index is 3.58. The van der Waals surface area contributed by atoms with Gasteiger partial charge in [-0.1, -0.05) is 67.6 Å². The van der Waals surface area contributed by atoms with Crippen LogP contribution in [0.15, 0.2) is 60.7 Å². The summed E-state index contributed by atoms with van der Waals surface area (Å²) in [7, 11) is 0. The molecule has 0 fully saturated rings. The Hall–Kier alpha value is -1.60. The van der Waals surface area contributed by atoms with Crippen molar-refractivity contribution in [1.29, 1.82) is 0 Å². The second kappa shape index (κ2) is 6.97. The minimum Gasteiger partial charge on any atom is -0.314 e. The summed E-state index contributed by atoms with van der Waals surface area (Å²) < 4.78 is 0. The van der Waals surface area contributed by atoms with Gasteiger partial charge in [-0.2, -0.15) is 0 Å². The van der Waals surface area contributed by atoms with Crippen molar-refractivity contribution >= 4 is 0 Å². The van der Waals surface area contributed by atoms with E-state index in [9.17, 15) is 0 Å². The third-order valence-electron chi connectivity index (χ3n) is 3.14. The van der Waals surface area contributed by atoms with Gasteiger partial charge in [0.25, 0.3) is 0 Å². The van der Waals surface area contributed by atoms with Crippen LogP contribution in [-0.4, -0.2) is 12.6 Å². The van der Waals surface area contributed by atoms with Gasteiger partial charge in [0.05, 0.1) is 0 Å². The number of hydrogen-bond donors (Lipinski definition) is 1. The lowest BCUT2D eigenvalue weighted by Gasteiger charge is -2.18. The lowest BCUT2D eigenvalue weighted by atomic mass is 9.99. The molecule has 18 heavy (non-hydrogen) atoms. The Balaban J connectivity index is 2.00. The number of likely N-dealkylation sites (N-methyl/N-ethyl adjacent to an activating group) is 1. The first kappa shape index (κ1) is 12.8. The fraction of sp³-hybridized carbons (Fsp3) is 0.294. The van der Waals surface area contributed by atoms with E-state index in [1.807, 2.05) is 0 Å². The molecule has 2 aromatic carbocycles. The Labute approximate surface area is 110 Å². The molecule has 1 N–H and O–H groups in total. The van der Waals surface area contributed by atoms with Gasteiger partial charge in [-0.25, -0.2) is 0 Å². The second-order valence-electron chi connectivity index (χ2n) is 4.63. The average Bonchev–Trinajstić information content (AvgIpc) is 2.41. The first-order valence-corrected chi connectivity index (χ1v) is 6.69. The zero-order valence-electron chi connectivity index (χ0n) is 11.0. The Morgan fingerprint density at radius 3 is 1.61 bits per heavy atom. The van der Waals surface area contributed by atoms with Gasteiger partial charge in [0.15, 0.2) is 0 Å². The van der Waals surface area contributed by atoms with Crippen LogP contribution in [0.4, 0.5) is 0 Å². The van der Waals surface area contributed by atoms with Gasteiger partial charge in [-0.05, 0) is 30.5 Å². The first-order valence-electron chi connectivity index (χ1n) is 6.69. The average molecular weight is 239 g/mol. The minimum absolute atomic E-state index is 0.514. The summed E-state index contributed by atoms with van der Waals surface area (Å²) >= 11 is 0. The predicted molar refractivity (Wildman–Crippen MR) is 77.8 cm³/mol. The fourth-order valence-electron chi connectivity index (χ4n) is 2.30. The highest BCUT2D eigenvalue weighted by molar-refractivity contribution is 5.19. The molecule has 0 aliphatic heterocycles. The summed E-state index contributed by atoms with van der Waals surface area (Å²) in [6.45, 7) is 3.19. The van der Waals surface area contributed by atoms with Gasteiger partial charge in [0.1, 0.15) is 0 Å². The van der Waals surface area contributed by atoms with Crippen LogP contribution in [0.5, 0.6) is 0 Å². The molecule has 0 radical (unpaired) electrons. The lowest BCUT2D eigenvalue weighted by molar-refractivity contribution is 0.521. The van der Waals surface area contributed by atoms with E-state index in [4.69, 9.17) is 0 Å². The highest BCUT2D eigenvalue weighted by atomic mass is 14.9. The van der Waals surface area contributed by atoms with Crippen LogP contribution in [0.25, 0.3) is 0 Å². The molecule has 0 amide bonds. The number of benzene rings is 2. The molecule has 0 heterocycles. The van der Waals surface area contributed by atoms with Crippen molar-refractivity contribution in [3.63, 3.8) is 0 Å². The van der Waals surface area contributed by atoms with E-state index in [0.717, 1.165) is 19.4 Å². The van der Waals surface area contributed by atoms with E-state index >= 15 is 0 Å². The molecule has 2 aromatic rings. The molecule has 0 aliphatic carbocycles. The highest BCUT2D eigenvalue weighted by Gasteiger charge is 2.08. The molecule has 0 unspecified atom stereocenters. The molecule has 2 rings (SSSR count). The van der Waals surface area contributed by atoms with Gasteiger partial charge in [0, 0.05) is 6.04 Å². The summed E-state index contributed by atoms with van der Waals surface area (Å²) in [5.41, 5.74) is 2.80. The maximum Gasteiger partial charge on any atom is 0.0148 e. The molecule has 0 aliphatic rings. The van der Waals surface area contributed by atoms with Crippen molar-refractivity contribution in [3.05, 3.63) is 71.8 Å². The van der Waals surface area contributed by atoms with Crippen LogP contribution in [0.1, 0.15) is 18.1 Å². The van der Waals surface area contributed by atoms with Crippen LogP contribution >= 0.6 is 0 Å². The quantitative estimate of drug-likeness (QED) is 0.814. The van der Waals surface area contributed by atoms with Gasteiger partial charge >= 0.3 is 0 Å². The van der Waals surface area contributed by atoms with Crippen molar-refractivity contribution in [2.24, 2.45) is 0 Å². The van der Waals surface area contributed by atoms with E-state index < -0.39 is 0 Å². The van der Waals surface area contributed by atoms with Gasteiger partial charge in [-0.15, -0.1) is 0 Å². The molecule has 0 saturated carbocycles. The number of hydrogen-bond acceptors (Lipinski definition) is 1. The van der Waals surface area contributed by atoms with Crippen LogP contribution in [-0.2, 0) is 12.8 Å². The third-order valence-corrected chi connectivity index (χ3v) is 3.14. The normalized spacial score (nSPS) is 10.8. The molecular formula is C17H21N. The molecule has 0 atom stereocenters. The minimum atomic E-state index is 0.514. The zero-order valence-corrected chi connectivity index (χ0v) is 11.0. The van der Waals surface area contributed by atoms with Crippen molar-refractivity contribution in [2.45, 2.75) is 25.8 Å². The third kappa shape index (κ3) is 4.01. The second-order valence-corrected chi connectivity index (χ2v) is 4.63. The first-order chi connectivity index (χ1) is 8.88. The number of nitrogens with one attached hydrogen (secondary N) is 1. The fourth-order valence-corrected chi connectivity index (χ4v) is 2.30. The zero-order chi connectivity index (χ0) is 12.6. The Morgan fingerprint density at radius 1 is 0.778 bits per heavy atom. The Morgan fingerprint density at radius 2 is 1.22 bits per heavy atom. The summed E-state index contributed by atoms with van der Waals surface area (Å²) in [6.07, 6.45) is 2.17. The van der Waals surface area contributed by atoms with Crippen molar-refractivity contribution in [3.8, 4) is 0 Å². The topological polar surface area (TPSA) is 12.0 Å². The lowest BCUT2D eigenvalue weighted by Crippen LogP contribution is -2.33.